The highest BCUT2D eigenvalue weighted by molar-refractivity contribution is 9.10. The van der Waals surface area contributed by atoms with Crippen LogP contribution in [-0.4, -0.2) is 12.5 Å². The number of rotatable bonds is 5. The van der Waals surface area contributed by atoms with Gasteiger partial charge in [-0.1, -0.05) is 58.4 Å². The SMILES string of the molecule is CCOc1ccc(/C=C2\C=C(c3ccccc3)N(c3ccc(Br)c(C)c3)C2=O)cc1. The molecule has 4 rings (SSSR count). The molecule has 1 heterocycles. The van der Waals surface area contributed by atoms with Gasteiger partial charge in [0, 0.05) is 15.7 Å². The summed E-state index contributed by atoms with van der Waals surface area (Å²) in [6.07, 6.45) is 3.89. The molecule has 0 saturated heterocycles. The van der Waals surface area contributed by atoms with E-state index in [0.717, 1.165) is 38.3 Å². The van der Waals surface area contributed by atoms with E-state index in [-0.39, 0.29) is 5.91 Å². The minimum absolute atomic E-state index is 0.0375. The van der Waals surface area contributed by atoms with Gasteiger partial charge in [0.05, 0.1) is 12.3 Å². The lowest BCUT2D eigenvalue weighted by atomic mass is 10.1. The Morgan fingerprint density at radius 2 is 1.73 bits per heavy atom. The standard InChI is InChI=1S/C26H22BrNO2/c1-3-30-23-12-9-19(10-13-23)16-21-17-25(20-7-5-4-6-8-20)28(26(21)29)22-11-14-24(27)18(2)15-22/h4-17H,3H2,1-2H3/b21-16+. The van der Waals surface area contributed by atoms with Crippen molar-refractivity contribution in [3.8, 4) is 5.75 Å². The second-order valence-electron chi connectivity index (χ2n) is 7.07. The molecule has 3 aromatic carbocycles. The maximum atomic E-state index is 13.4. The summed E-state index contributed by atoms with van der Waals surface area (Å²) in [6, 6.07) is 23.8. The van der Waals surface area contributed by atoms with Gasteiger partial charge < -0.3 is 4.74 Å². The molecular weight excluding hydrogens is 438 g/mol. The molecule has 3 aromatic rings. The highest BCUT2D eigenvalue weighted by Gasteiger charge is 2.30. The number of hydrogen-bond acceptors (Lipinski definition) is 2. The van der Waals surface area contributed by atoms with Gasteiger partial charge in [-0.3, -0.25) is 9.69 Å². The van der Waals surface area contributed by atoms with E-state index < -0.39 is 0 Å². The summed E-state index contributed by atoms with van der Waals surface area (Å²) < 4.78 is 6.53. The minimum atomic E-state index is -0.0375. The first-order valence-electron chi connectivity index (χ1n) is 9.89. The number of benzene rings is 3. The third-order valence-corrected chi connectivity index (χ3v) is 5.86. The summed E-state index contributed by atoms with van der Waals surface area (Å²) >= 11 is 3.55. The Balaban J connectivity index is 1.76. The number of anilines is 1. The van der Waals surface area contributed by atoms with Crippen LogP contribution in [0.3, 0.4) is 0 Å². The molecule has 0 aliphatic carbocycles. The monoisotopic (exact) mass is 459 g/mol. The first-order chi connectivity index (χ1) is 14.6. The minimum Gasteiger partial charge on any atom is -0.494 e. The molecule has 0 aromatic heterocycles. The van der Waals surface area contributed by atoms with E-state index in [2.05, 4.69) is 15.9 Å². The van der Waals surface area contributed by atoms with Crippen LogP contribution in [0.25, 0.3) is 11.8 Å². The van der Waals surface area contributed by atoms with Gasteiger partial charge in [-0.05, 0) is 73.0 Å². The highest BCUT2D eigenvalue weighted by Crippen LogP contribution is 2.36. The van der Waals surface area contributed by atoms with Crippen molar-refractivity contribution in [2.75, 3.05) is 11.5 Å². The molecule has 0 saturated carbocycles. The molecule has 150 valence electrons. The average Bonchev–Trinajstić information content (AvgIpc) is 3.08. The van der Waals surface area contributed by atoms with Crippen LogP contribution >= 0.6 is 15.9 Å². The number of halogens is 1. The van der Waals surface area contributed by atoms with Gasteiger partial charge in [-0.25, -0.2) is 0 Å². The van der Waals surface area contributed by atoms with Crippen LogP contribution in [0.2, 0.25) is 0 Å². The van der Waals surface area contributed by atoms with E-state index in [9.17, 15) is 4.79 Å². The van der Waals surface area contributed by atoms with Crippen molar-refractivity contribution in [2.24, 2.45) is 0 Å². The summed E-state index contributed by atoms with van der Waals surface area (Å²) in [4.78, 5) is 15.2. The molecule has 0 bridgehead atoms. The lowest BCUT2D eigenvalue weighted by molar-refractivity contribution is -0.113. The molecule has 0 radical (unpaired) electrons. The predicted molar refractivity (Wildman–Crippen MR) is 126 cm³/mol. The zero-order valence-corrected chi connectivity index (χ0v) is 18.5. The molecule has 0 spiro atoms. The third kappa shape index (κ3) is 4.10. The van der Waals surface area contributed by atoms with Gasteiger partial charge in [0.2, 0.25) is 0 Å². The number of nitrogens with zero attached hydrogens (tertiary/aromatic N) is 1. The van der Waals surface area contributed by atoms with Gasteiger partial charge in [-0.15, -0.1) is 0 Å². The maximum Gasteiger partial charge on any atom is 0.262 e. The fourth-order valence-electron chi connectivity index (χ4n) is 3.47. The Morgan fingerprint density at radius 3 is 2.40 bits per heavy atom. The summed E-state index contributed by atoms with van der Waals surface area (Å²) in [5.41, 5.74) is 5.42. The first-order valence-corrected chi connectivity index (χ1v) is 10.7. The van der Waals surface area contributed by atoms with Gasteiger partial charge in [0.1, 0.15) is 5.75 Å². The topological polar surface area (TPSA) is 29.5 Å². The van der Waals surface area contributed by atoms with Crippen molar-refractivity contribution in [1.29, 1.82) is 0 Å². The summed E-state index contributed by atoms with van der Waals surface area (Å²) in [7, 11) is 0. The number of hydrogen-bond donors (Lipinski definition) is 0. The molecule has 4 heteroatoms. The van der Waals surface area contributed by atoms with Crippen LogP contribution in [0, 0.1) is 6.92 Å². The van der Waals surface area contributed by atoms with Gasteiger partial charge in [0.15, 0.2) is 0 Å². The van der Waals surface area contributed by atoms with Crippen LogP contribution in [-0.2, 0) is 4.79 Å². The maximum absolute atomic E-state index is 13.4. The average molecular weight is 460 g/mol. The first kappa shape index (κ1) is 20.2. The van der Waals surface area contributed by atoms with Crippen molar-refractivity contribution < 1.29 is 9.53 Å². The molecule has 0 fully saturated rings. The zero-order chi connectivity index (χ0) is 21.1. The Morgan fingerprint density at radius 1 is 1.00 bits per heavy atom. The van der Waals surface area contributed by atoms with Crippen LogP contribution in [0.15, 0.2) is 88.9 Å². The molecule has 0 atom stereocenters. The van der Waals surface area contributed by atoms with E-state index in [1.165, 1.54) is 0 Å². The van der Waals surface area contributed by atoms with Gasteiger partial charge in [-0.2, -0.15) is 0 Å². The van der Waals surface area contributed by atoms with E-state index in [1.54, 1.807) is 4.90 Å². The van der Waals surface area contributed by atoms with Gasteiger partial charge in [0.25, 0.3) is 5.91 Å². The molecule has 3 nitrogen and oxygen atoms in total. The Kier molecular flexibility index (Phi) is 5.86. The van der Waals surface area contributed by atoms with E-state index in [4.69, 9.17) is 4.74 Å². The van der Waals surface area contributed by atoms with E-state index >= 15 is 0 Å². The molecule has 1 amide bonds. The molecule has 1 aliphatic rings. The number of carbonyl (C=O) groups is 1. The Labute approximate surface area is 185 Å². The number of aryl methyl sites for hydroxylation is 1. The molecular formula is C26H22BrNO2. The van der Waals surface area contributed by atoms with Crippen molar-refractivity contribution >= 4 is 39.3 Å². The van der Waals surface area contributed by atoms with E-state index in [0.29, 0.717) is 12.2 Å². The second kappa shape index (κ2) is 8.72. The molecule has 1 aliphatic heterocycles. The number of carbonyl (C=O) groups excluding carboxylic acids is 1. The quantitative estimate of drug-likeness (QED) is 0.400. The molecule has 0 unspecified atom stereocenters. The van der Waals surface area contributed by atoms with Gasteiger partial charge >= 0.3 is 0 Å². The number of amides is 1. The normalized spacial score (nSPS) is 14.9. The van der Waals surface area contributed by atoms with Crippen molar-refractivity contribution in [2.45, 2.75) is 13.8 Å². The third-order valence-electron chi connectivity index (χ3n) is 4.97. The predicted octanol–water partition coefficient (Wildman–Crippen LogP) is 6.63. The van der Waals surface area contributed by atoms with Crippen molar-refractivity contribution in [1.82, 2.24) is 0 Å². The van der Waals surface area contributed by atoms with Crippen LogP contribution in [0.1, 0.15) is 23.6 Å². The van der Waals surface area contributed by atoms with E-state index in [1.807, 2.05) is 98.8 Å². The van der Waals surface area contributed by atoms with Crippen LogP contribution in [0.4, 0.5) is 5.69 Å². The molecule has 0 N–H and O–H groups in total. The van der Waals surface area contributed by atoms with Crippen LogP contribution in [0.5, 0.6) is 5.75 Å². The lowest BCUT2D eigenvalue weighted by Crippen LogP contribution is -2.25. The van der Waals surface area contributed by atoms with Crippen LogP contribution < -0.4 is 9.64 Å². The second-order valence-corrected chi connectivity index (χ2v) is 7.93. The summed E-state index contributed by atoms with van der Waals surface area (Å²) in [5, 5.41) is 0. The smallest absolute Gasteiger partial charge is 0.262 e. The number of ether oxygens (including phenoxy) is 1. The highest BCUT2D eigenvalue weighted by atomic mass is 79.9. The molecule has 30 heavy (non-hydrogen) atoms. The largest absolute Gasteiger partial charge is 0.494 e. The fraction of sp³-hybridized carbons (Fsp3) is 0.115. The lowest BCUT2D eigenvalue weighted by Gasteiger charge is -2.21. The zero-order valence-electron chi connectivity index (χ0n) is 16.9. The summed E-state index contributed by atoms with van der Waals surface area (Å²) in [6.45, 7) is 4.61. The Bertz CT molecular complexity index is 1130. The fourth-order valence-corrected chi connectivity index (χ4v) is 3.71. The Hall–Kier alpha value is -3.11. The van der Waals surface area contributed by atoms with Crippen molar-refractivity contribution in [3.05, 3.63) is 106 Å². The van der Waals surface area contributed by atoms with Crippen molar-refractivity contribution in [3.63, 3.8) is 0 Å². The summed E-state index contributed by atoms with van der Waals surface area (Å²) in [5.74, 6) is 0.786.